The van der Waals surface area contributed by atoms with Crippen molar-refractivity contribution in [3.63, 3.8) is 0 Å². The summed E-state index contributed by atoms with van der Waals surface area (Å²) < 4.78 is 3.59. The summed E-state index contributed by atoms with van der Waals surface area (Å²) in [5.74, 6) is 0. The standard InChI is InChI=1S/C2H2Cl2O3.K/c3-1(4)7-2(5)6;/h1H,(H,5,6);/q;+1/p-1. The Morgan fingerprint density at radius 2 is 2.00 bits per heavy atom. The van der Waals surface area contributed by atoms with Crippen molar-refractivity contribution in [2.75, 3.05) is 0 Å². The van der Waals surface area contributed by atoms with Crippen LogP contribution in [0.3, 0.4) is 0 Å². The maximum atomic E-state index is 9.31. The molecule has 0 saturated heterocycles. The van der Waals surface area contributed by atoms with Gasteiger partial charge in [-0.1, -0.05) is 23.2 Å². The molecule has 42 valence electrons. The van der Waals surface area contributed by atoms with E-state index in [1.54, 1.807) is 0 Å². The zero-order valence-electron chi connectivity index (χ0n) is 4.06. The molecule has 0 spiro atoms. The average Bonchev–Trinajstić information content (AvgIpc) is 1.27. The largest absolute Gasteiger partial charge is 1.00 e. The van der Waals surface area contributed by atoms with Crippen LogP contribution >= 0.6 is 23.2 Å². The van der Waals surface area contributed by atoms with E-state index in [-0.39, 0.29) is 51.4 Å². The second kappa shape index (κ2) is 6.60. The first kappa shape index (κ1) is 12.2. The summed E-state index contributed by atoms with van der Waals surface area (Å²) in [7, 11) is 0. The van der Waals surface area contributed by atoms with Gasteiger partial charge in [0.05, 0.1) is 0 Å². The maximum absolute atomic E-state index is 9.31. The van der Waals surface area contributed by atoms with Crippen LogP contribution in [0, 0.1) is 0 Å². The summed E-state index contributed by atoms with van der Waals surface area (Å²) in [6.45, 7) is 0. The number of carboxylic acid groups (broad SMARTS) is 1. The number of ether oxygens (including phenoxy) is 1. The maximum Gasteiger partial charge on any atom is 1.00 e. The van der Waals surface area contributed by atoms with Gasteiger partial charge in [-0.3, -0.25) is 0 Å². The van der Waals surface area contributed by atoms with Gasteiger partial charge in [0.15, 0.2) is 5.02 Å². The minimum Gasteiger partial charge on any atom is -0.517 e. The van der Waals surface area contributed by atoms with Gasteiger partial charge in [-0.25, -0.2) is 0 Å². The van der Waals surface area contributed by atoms with Gasteiger partial charge in [-0.05, 0) is 0 Å². The van der Waals surface area contributed by atoms with E-state index in [9.17, 15) is 9.90 Å². The van der Waals surface area contributed by atoms with Gasteiger partial charge in [-0.2, -0.15) is 0 Å². The van der Waals surface area contributed by atoms with Crippen LogP contribution in [0.2, 0.25) is 0 Å². The van der Waals surface area contributed by atoms with Crippen molar-refractivity contribution in [1.82, 2.24) is 0 Å². The zero-order chi connectivity index (χ0) is 5.86. The fourth-order valence-electron chi connectivity index (χ4n) is 0.0727. The molecule has 0 aliphatic rings. The molecule has 0 saturated carbocycles. The Hall–Kier alpha value is 1.49. The van der Waals surface area contributed by atoms with Crippen LogP contribution < -0.4 is 56.5 Å². The molecule has 0 aliphatic heterocycles. The molecule has 0 amide bonds. The molecular weight excluding hydrogens is 182 g/mol. The van der Waals surface area contributed by atoms with E-state index in [2.05, 4.69) is 4.74 Å². The van der Waals surface area contributed by atoms with Gasteiger partial charge >= 0.3 is 51.4 Å². The number of hydrogen-bond donors (Lipinski definition) is 0. The number of rotatable bonds is 1. The molecule has 0 rings (SSSR count). The average molecular weight is 183 g/mol. The van der Waals surface area contributed by atoms with Gasteiger partial charge < -0.3 is 14.6 Å². The van der Waals surface area contributed by atoms with Crippen molar-refractivity contribution in [3.05, 3.63) is 0 Å². The summed E-state index contributed by atoms with van der Waals surface area (Å²) in [6.07, 6.45) is -1.73. The smallest absolute Gasteiger partial charge is 0.517 e. The van der Waals surface area contributed by atoms with E-state index in [4.69, 9.17) is 23.2 Å². The zero-order valence-corrected chi connectivity index (χ0v) is 8.69. The Labute approximate surface area is 98.7 Å². The fraction of sp³-hybridized carbons (Fsp3) is 0.500. The monoisotopic (exact) mass is 182 g/mol. The molecule has 0 aromatic heterocycles. The topological polar surface area (TPSA) is 49.4 Å². The van der Waals surface area contributed by atoms with Crippen molar-refractivity contribution >= 4 is 29.4 Å². The van der Waals surface area contributed by atoms with Gasteiger partial charge in [0.2, 0.25) is 0 Å². The van der Waals surface area contributed by atoms with Gasteiger partial charge in [0, 0.05) is 0 Å². The van der Waals surface area contributed by atoms with Crippen LogP contribution in [0.5, 0.6) is 0 Å². The van der Waals surface area contributed by atoms with Crippen molar-refractivity contribution in [2.45, 2.75) is 5.02 Å². The fourth-order valence-corrected chi connectivity index (χ4v) is 0.218. The molecule has 8 heavy (non-hydrogen) atoms. The molecule has 0 atom stereocenters. The number of hydrogen-bond acceptors (Lipinski definition) is 3. The summed E-state index contributed by atoms with van der Waals surface area (Å²) in [5.41, 5.74) is 0. The van der Waals surface area contributed by atoms with Crippen LogP contribution in [-0.4, -0.2) is 11.2 Å². The summed E-state index contributed by atoms with van der Waals surface area (Å²) >= 11 is 9.59. The molecule has 6 heteroatoms. The van der Waals surface area contributed by atoms with Crippen molar-refractivity contribution in [3.8, 4) is 0 Å². The van der Waals surface area contributed by atoms with E-state index in [0.29, 0.717) is 0 Å². The predicted molar refractivity (Wildman–Crippen MR) is 22.0 cm³/mol. The SMILES string of the molecule is O=C([O-])OC(Cl)Cl.[K+]. The van der Waals surface area contributed by atoms with E-state index in [1.807, 2.05) is 0 Å². The molecule has 0 fully saturated rings. The Kier molecular flexibility index (Phi) is 10.1. The van der Waals surface area contributed by atoms with Crippen LogP contribution in [0.4, 0.5) is 4.79 Å². The number of carbonyl (C=O) groups is 1. The number of carbonyl (C=O) groups excluding carboxylic acids is 1. The number of halogens is 2. The second-order valence-corrected chi connectivity index (χ2v) is 1.64. The van der Waals surface area contributed by atoms with E-state index < -0.39 is 11.2 Å². The van der Waals surface area contributed by atoms with Gasteiger partial charge in [0.1, 0.15) is 0 Å². The molecule has 0 aromatic rings. The first-order valence-electron chi connectivity index (χ1n) is 1.28. The Morgan fingerprint density at radius 1 is 1.62 bits per heavy atom. The molecular formula is C2HCl2KO3. The van der Waals surface area contributed by atoms with Crippen LogP contribution in [-0.2, 0) is 4.74 Å². The summed E-state index contributed by atoms with van der Waals surface area (Å²) in [5, 5.41) is 7.96. The first-order chi connectivity index (χ1) is 3.13. The molecule has 0 radical (unpaired) electrons. The third kappa shape index (κ3) is 10.5. The van der Waals surface area contributed by atoms with E-state index >= 15 is 0 Å². The van der Waals surface area contributed by atoms with E-state index in [0.717, 1.165) is 0 Å². The minimum atomic E-state index is -1.73. The van der Waals surface area contributed by atoms with Crippen LogP contribution in [0.15, 0.2) is 0 Å². The Bertz CT molecular complexity index is 75.7. The molecule has 0 N–H and O–H groups in total. The third-order valence-corrected chi connectivity index (χ3v) is 0.363. The normalized spacial score (nSPS) is 7.88. The van der Waals surface area contributed by atoms with Crippen molar-refractivity contribution in [1.29, 1.82) is 0 Å². The summed E-state index contributed by atoms with van der Waals surface area (Å²) in [6, 6.07) is 0. The predicted octanol–water partition coefficient (Wildman–Crippen LogP) is -2.89. The molecule has 0 aromatic carbocycles. The Morgan fingerprint density at radius 3 is 2.00 bits per heavy atom. The van der Waals surface area contributed by atoms with E-state index in [1.165, 1.54) is 0 Å². The van der Waals surface area contributed by atoms with Crippen molar-refractivity contribution in [2.24, 2.45) is 0 Å². The van der Waals surface area contributed by atoms with Crippen LogP contribution in [0.1, 0.15) is 0 Å². The minimum absolute atomic E-state index is 0. The molecule has 0 bridgehead atoms. The van der Waals surface area contributed by atoms with Crippen molar-refractivity contribution < 1.29 is 66.0 Å². The van der Waals surface area contributed by atoms with Gasteiger partial charge in [-0.15, -0.1) is 0 Å². The van der Waals surface area contributed by atoms with Crippen LogP contribution in [0.25, 0.3) is 0 Å². The summed E-state index contributed by atoms with van der Waals surface area (Å²) in [4.78, 5) is 9.31. The molecule has 0 unspecified atom stereocenters. The van der Waals surface area contributed by atoms with Gasteiger partial charge in [0.25, 0.3) is 6.16 Å². The number of alkyl halides is 2. The molecule has 3 nitrogen and oxygen atoms in total. The first-order valence-corrected chi connectivity index (χ1v) is 2.16. The molecule has 0 aliphatic carbocycles. The quantitative estimate of drug-likeness (QED) is 0.249. The molecule has 0 heterocycles. The second-order valence-electron chi connectivity index (χ2n) is 0.629. The Balaban J connectivity index is 0. The third-order valence-electron chi connectivity index (χ3n) is 0.185.